The summed E-state index contributed by atoms with van der Waals surface area (Å²) < 4.78 is 0. The van der Waals surface area contributed by atoms with Crippen molar-refractivity contribution in [1.29, 1.82) is 0 Å². The molecular weight excluding hydrogens is 264 g/mol. The van der Waals surface area contributed by atoms with Gasteiger partial charge in [0.2, 0.25) is 0 Å². The van der Waals surface area contributed by atoms with E-state index in [-0.39, 0.29) is 17.0 Å². The molecule has 1 heterocycles. The Balaban J connectivity index is 2.17. The number of carbonyl (C=O) groups excluding carboxylic acids is 1. The lowest BCUT2D eigenvalue weighted by Crippen LogP contribution is -2.31. The third-order valence-electron chi connectivity index (χ3n) is 2.70. The largest absolute Gasteiger partial charge is 0.337 e. The van der Waals surface area contributed by atoms with Gasteiger partial charge in [-0.3, -0.25) is 9.59 Å². The molecule has 0 unspecified atom stereocenters. The highest BCUT2D eigenvalue weighted by molar-refractivity contribution is 6.30. The molecule has 0 fully saturated rings. The maximum Gasteiger partial charge on any atom is 0.260 e. The molecule has 98 valence electrons. The Morgan fingerprint density at radius 1 is 1.32 bits per heavy atom. The summed E-state index contributed by atoms with van der Waals surface area (Å²) in [6, 6.07) is 10.4. The first-order valence-electron chi connectivity index (χ1n) is 5.75. The average molecular weight is 277 g/mol. The minimum absolute atomic E-state index is 0.132. The second-order valence-corrected chi connectivity index (χ2v) is 4.64. The fourth-order valence-corrected chi connectivity index (χ4v) is 1.99. The summed E-state index contributed by atoms with van der Waals surface area (Å²) in [7, 11) is 1.65. The first-order chi connectivity index (χ1) is 9.08. The van der Waals surface area contributed by atoms with Crippen LogP contribution in [-0.4, -0.2) is 22.8 Å². The number of rotatable bonds is 3. The van der Waals surface area contributed by atoms with Gasteiger partial charge < -0.3 is 9.88 Å². The Bertz CT molecular complexity index is 652. The highest BCUT2D eigenvalue weighted by atomic mass is 35.5. The van der Waals surface area contributed by atoms with Gasteiger partial charge in [-0.2, -0.15) is 0 Å². The van der Waals surface area contributed by atoms with Gasteiger partial charge in [-0.05, 0) is 29.8 Å². The summed E-state index contributed by atoms with van der Waals surface area (Å²) in [5, 5.41) is 0.621. The number of hydrogen-bond acceptors (Lipinski definition) is 2. The van der Waals surface area contributed by atoms with Crippen molar-refractivity contribution in [3.63, 3.8) is 0 Å². The molecule has 0 radical (unpaired) electrons. The van der Waals surface area contributed by atoms with E-state index in [2.05, 4.69) is 4.98 Å². The van der Waals surface area contributed by atoms with Crippen LogP contribution in [0.2, 0.25) is 5.02 Å². The van der Waals surface area contributed by atoms with Gasteiger partial charge in [0.15, 0.2) is 0 Å². The first kappa shape index (κ1) is 13.4. The number of aromatic nitrogens is 1. The van der Waals surface area contributed by atoms with Crippen molar-refractivity contribution in [3.8, 4) is 0 Å². The quantitative estimate of drug-likeness (QED) is 0.935. The Hall–Kier alpha value is -2.07. The summed E-state index contributed by atoms with van der Waals surface area (Å²) >= 11 is 5.89. The van der Waals surface area contributed by atoms with Crippen molar-refractivity contribution in [1.82, 2.24) is 9.88 Å². The second-order valence-electron chi connectivity index (χ2n) is 4.20. The number of aromatic amines is 1. The van der Waals surface area contributed by atoms with Crippen LogP contribution in [0.5, 0.6) is 0 Å². The lowest BCUT2D eigenvalue weighted by Gasteiger charge is -2.16. The summed E-state index contributed by atoms with van der Waals surface area (Å²) in [4.78, 5) is 27.6. The molecular formula is C14H13ClN2O2. The SMILES string of the molecule is CN(Cc1cccc(Cl)c1)C(=O)c1ccc[nH]c1=O. The van der Waals surface area contributed by atoms with Gasteiger partial charge in [0, 0.05) is 24.8 Å². The molecule has 0 saturated carbocycles. The molecule has 2 aromatic rings. The monoisotopic (exact) mass is 276 g/mol. The first-order valence-corrected chi connectivity index (χ1v) is 6.13. The van der Waals surface area contributed by atoms with Crippen LogP contribution in [0.3, 0.4) is 0 Å². The predicted molar refractivity (Wildman–Crippen MR) is 74.3 cm³/mol. The van der Waals surface area contributed by atoms with Gasteiger partial charge in [0.25, 0.3) is 11.5 Å². The maximum absolute atomic E-state index is 12.1. The van der Waals surface area contributed by atoms with Gasteiger partial charge in [0.1, 0.15) is 5.56 Å². The zero-order valence-electron chi connectivity index (χ0n) is 10.4. The van der Waals surface area contributed by atoms with E-state index in [0.29, 0.717) is 11.6 Å². The van der Waals surface area contributed by atoms with Crippen LogP contribution in [0.4, 0.5) is 0 Å². The fourth-order valence-electron chi connectivity index (χ4n) is 1.78. The molecule has 1 aromatic carbocycles. The van der Waals surface area contributed by atoms with E-state index in [0.717, 1.165) is 5.56 Å². The topological polar surface area (TPSA) is 53.2 Å². The number of amides is 1. The lowest BCUT2D eigenvalue weighted by atomic mass is 10.2. The van der Waals surface area contributed by atoms with Crippen LogP contribution in [0.25, 0.3) is 0 Å². The number of benzene rings is 1. The number of hydrogen-bond donors (Lipinski definition) is 1. The number of pyridine rings is 1. The highest BCUT2D eigenvalue weighted by Crippen LogP contribution is 2.12. The van der Waals surface area contributed by atoms with Gasteiger partial charge in [-0.15, -0.1) is 0 Å². The fraction of sp³-hybridized carbons (Fsp3) is 0.143. The molecule has 5 heteroatoms. The molecule has 2 rings (SSSR count). The van der Waals surface area contributed by atoms with Crippen molar-refractivity contribution < 1.29 is 4.79 Å². The third kappa shape index (κ3) is 3.23. The second kappa shape index (κ2) is 5.71. The molecule has 0 atom stereocenters. The molecule has 0 aliphatic carbocycles. The van der Waals surface area contributed by atoms with E-state index in [1.165, 1.54) is 17.2 Å². The van der Waals surface area contributed by atoms with Crippen molar-refractivity contribution in [2.24, 2.45) is 0 Å². The van der Waals surface area contributed by atoms with E-state index >= 15 is 0 Å². The smallest absolute Gasteiger partial charge is 0.260 e. The highest BCUT2D eigenvalue weighted by Gasteiger charge is 2.15. The summed E-state index contributed by atoms with van der Waals surface area (Å²) in [6.07, 6.45) is 1.50. The van der Waals surface area contributed by atoms with Crippen molar-refractivity contribution in [2.45, 2.75) is 6.54 Å². The Morgan fingerprint density at radius 2 is 2.11 bits per heavy atom. The molecule has 4 nitrogen and oxygen atoms in total. The number of H-pyrrole nitrogens is 1. The van der Waals surface area contributed by atoms with Crippen LogP contribution in [0.15, 0.2) is 47.4 Å². The minimum Gasteiger partial charge on any atom is -0.337 e. The van der Waals surface area contributed by atoms with Gasteiger partial charge in [-0.25, -0.2) is 0 Å². The van der Waals surface area contributed by atoms with Crippen LogP contribution in [0, 0.1) is 0 Å². The molecule has 19 heavy (non-hydrogen) atoms. The van der Waals surface area contributed by atoms with E-state index in [9.17, 15) is 9.59 Å². The van der Waals surface area contributed by atoms with Crippen LogP contribution in [-0.2, 0) is 6.54 Å². The molecule has 0 aliphatic rings. The molecule has 0 saturated heterocycles. The normalized spacial score (nSPS) is 10.2. The standard InChI is InChI=1S/C14H13ClN2O2/c1-17(9-10-4-2-5-11(15)8-10)14(19)12-6-3-7-16-13(12)18/h2-8H,9H2,1H3,(H,16,18). The zero-order valence-corrected chi connectivity index (χ0v) is 11.1. The number of carbonyl (C=O) groups is 1. The van der Waals surface area contributed by atoms with Gasteiger partial charge in [0.05, 0.1) is 0 Å². The minimum atomic E-state index is -0.384. The van der Waals surface area contributed by atoms with E-state index in [1.54, 1.807) is 25.2 Å². The van der Waals surface area contributed by atoms with Crippen molar-refractivity contribution >= 4 is 17.5 Å². The number of halogens is 1. The number of nitrogens with one attached hydrogen (secondary N) is 1. The van der Waals surface area contributed by atoms with E-state index < -0.39 is 0 Å². The lowest BCUT2D eigenvalue weighted by molar-refractivity contribution is 0.0783. The van der Waals surface area contributed by atoms with Crippen molar-refractivity contribution in [2.75, 3.05) is 7.05 Å². The molecule has 0 spiro atoms. The van der Waals surface area contributed by atoms with Gasteiger partial charge >= 0.3 is 0 Å². The molecule has 0 bridgehead atoms. The summed E-state index contributed by atoms with van der Waals surface area (Å²) in [5.41, 5.74) is 0.660. The average Bonchev–Trinajstić information content (AvgIpc) is 2.38. The van der Waals surface area contributed by atoms with E-state index in [1.807, 2.05) is 12.1 Å². The van der Waals surface area contributed by atoms with Crippen molar-refractivity contribution in [3.05, 3.63) is 69.1 Å². The van der Waals surface area contributed by atoms with Crippen LogP contribution >= 0.6 is 11.6 Å². The summed E-state index contributed by atoms with van der Waals surface area (Å²) in [5.74, 6) is -0.318. The van der Waals surface area contributed by atoms with E-state index in [4.69, 9.17) is 11.6 Å². The summed E-state index contributed by atoms with van der Waals surface area (Å²) in [6.45, 7) is 0.397. The molecule has 1 aromatic heterocycles. The number of nitrogens with zero attached hydrogens (tertiary/aromatic N) is 1. The molecule has 1 N–H and O–H groups in total. The zero-order chi connectivity index (χ0) is 13.8. The predicted octanol–water partition coefficient (Wildman–Crippen LogP) is 2.30. The Labute approximate surface area is 115 Å². The molecule has 0 aliphatic heterocycles. The van der Waals surface area contributed by atoms with Crippen LogP contribution < -0.4 is 5.56 Å². The van der Waals surface area contributed by atoms with Gasteiger partial charge in [-0.1, -0.05) is 23.7 Å². The Morgan fingerprint density at radius 3 is 2.79 bits per heavy atom. The Kier molecular flexibility index (Phi) is 4.02. The maximum atomic E-state index is 12.1. The molecule has 1 amide bonds. The van der Waals surface area contributed by atoms with Crippen LogP contribution in [0.1, 0.15) is 15.9 Å². The third-order valence-corrected chi connectivity index (χ3v) is 2.94.